The van der Waals surface area contributed by atoms with Crippen molar-refractivity contribution in [3.05, 3.63) is 48.0 Å². The van der Waals surface area contributed by atoms with Crippen molar-refractivity contribution in [3.63, 3.8) is 0 Å². The predicted octanol–water partition coefficient (Wildman–Crippen LogP) is 3.20. The third-order valence-electron chi connectivity index (χ3n) is 2.47. The van der Waals surface area contributed by atoms with Crippen LogP contribution in [0.15, 0.2) is 42.5 Å². The molecule has 0 unspecified atom stereocenters. The fourth-order valence-corrected chi connectivity index (χ4v) is 1.79. The smallest absolute Gasteiger partial charge is 0.0244 e. The van der Waals surface area contributed by atoms with Gasteiger partial charge in [0.15, 0.2) is 0 Å². The first-order chi connectivity index (χ1) is 5.95. The molecule has 0 fully saturated rings. The average Bonchev–Trinajstić information content (AvgIpc) is 2.59. The van der Waals surface area contributed by atoms with Crippen molar-refractivity contribution in [2.45, 2.75) is 19.3 Å². The fourth-order valence-electron chi connectivity index (χ4n) is 1.79. The molecule has 0 radical (unpaired) electrons. The minimum absolute atomic E-state index is 0.868. The molecule has 0 nitrogen and oxygen atoms in total. The molecule has 62 valence electrons. The third-order valence-corrected chi connectivity index (χ3v) is 2.47. The standard InChI is InChI=1S/C12H14/c1-2-6-11(7-3-1)10-12-8-4-5-9-12/h1-7,12H,8-10H2. The van der Waals surface area contributed by atoms with Crippen molar-refractivity contribution in [1.82, 2.24) is 0 Å². The Balaban J connectivity index is 1.95. The molecule has 1 aromatic rings. The maximum atomic E-state index is 2.30. The second-order valence-electron chi connectivity index (χ2n) is 3.50. The largest absolute Gasteiger partial charge is 0.0882 e. The maximum absolute atomic E-state index is 2.30. The number of benzene rings is 1. The SMILES string of the molecule is C1=CCC(Cc2ccccc2)C1. The van der Waals surface area contributed by atoms with E-state index in [4.69, 9.17) is 0 Å². The second-order valence-corrected chi connectivity index (χ2v) is 3.50. The lowest BCUT2D eigenvalue weighted by Gasteiger charge is -2.07. The molecule has 0 aliphatic heterocycles. The van der Waals surface area contributed by atoms with Gasteiger partial charge in [0.25, 0.3) is 0 Å². The minimum Gasteiger partial charge on any atom is -0.0882 e. The van der Waals surface area contributed by atoms with Gasteiger partial charge in [0, 0.05) is 0 Å². The van der Waals surface area contributed by atoms with Crippen LogP contribution in [0.25, 0.3) is 0 Å². The zero-order valence-corrected chi connectivity index (χ0v) is 7.24. The zero-order chi connectivity index (χ0) is 8.23. The van der Waals surface area contributed by atoms with Gasteiger partial charge in [0.05, 0.1) is 0 Å². The second kappa shape index (κ2) is 3.57. The predicted molar refractivity (Wildman–Crippen MR) is 52.0 cm³/mol. The van der Waals surface area contributed by atoms with Gasteiger partial charge in [0.2, 0.25) is 0 Å². The maximum Gasteiger partial charge on any atom is -0.0244 e. The number of rotatable bonds is 2. The van der Waals surface area contributed by atoms with Crippen molar-refractivity contribution >= 4 is 0 Å². The van der Waals surface area contributed by atoms with Crippen LogP contribution in [-0.4, -0.2) is 0 Å². The molecule has 1 aliphatic carbocycles. The molecular weight excluding hydrogens is 144 g/mol. The van der Waals surface area contributed by atoms with E-state index in [2.05, 4.69) is 42.5 Å². The van der Waals surface area contributed by atoms with Gasteiger partial charge < -0.3 is 0 Å². The van der Waals surface area contributed by atoms with Crippen LogP contribution >= 0.6 is 0 Å². The first-order valence-corrected chi connectivity index (χ1v) is 4.64. The Morgan fingerprint density at radius 3 is 2.33 bits per heavy atom. The van der Waals surface area contributed by atoms with E-state index in [-0.39, 0.29) is 0 Å². The van der Waals surface area contributed by atoms with E-state index in [9.17, 15) is 0 Å². The van der Waals surface area contributed by atoms with Crippen molar-refractivity contribution < 1.29 is 0 Å². The highest BCUT2D eigenvalue weighted by molar-refractivity contribution is 5.16. The van der Waals surface area contributed by atoms with Crippen LogP contribution in [0.2, 0.25) is 0 Å². The van der Waals surface area contributed by atoms with Crippen molar-refractivity contribution in [1.29, 1.82) is 0 Å². The van der Waals surface area contributed by atoms with Gasteiger partial charge in [-0.05, 0) is 30.7 Å². The van der Waals surface area contributed by atoms with E-state index in [0.717, 1.165) is 5.92 Å². The van der Waals surface area contributed by atoms with E-state index < -0.39 is 0 Å². The van der Waals surface area contributed by atoms with Crippen LogP contribution in [0.5, 0.6) is 0 Å². The lowest BCUT2D eigenvalue weighted by atomic mass is 9.98. The summed E-state index contributed by atoms with van der Waals surface area (Å²) in [6.07, 6.45) is 8.39. The summed E-state index contributed by atoms with van der Waals surface area (Å²) in [5.41, 5.74) is 1.48. The van der Waals surface area contributed by atoms with Gasteiger partial charge in [-0.2, -0.15) is 0 Å². The molecule has 12 heavy (non-hydrogen) atoms. The molecule has 0 saturated heterocycles. The van der Waals surface area contributed by atoms with Gasteiger partial charge in [-0.1, -0.05) is 42.5 Å². The Labute approximate surface area is 73.9 Å². The monoisotopic (exact) mass is 158 g/mol. The third kappa shape index (κ3) is 1.76. The average molecular weight is 158 g/mol. The highest BCUT2D eigenvalue weighted by atomic mass is 14.1. The normalized spacial score (nSPS) is 17.0. The molecule has 0 spiro atoms. The quantitative estimate of drug-likeness (QED) is 0.580. The summed E-state index contributed by atoms with van der Waals surface area (Å²) in [6, 6.07) is 10.8. The van der Waals surface area contributed by atoms with Crippen LogP contribution in [0.4, 0.5) is 0 Å². The first-order valence-electron chi connectivity index (χ1n) is 4.64. The van der Waals surface area contributed by atoms with Gasteiger partial charge in [-0.3, -0.25) is 0 Å². The summed E-state index contributed by atoms with van der Waals surface area (Å²) < 4.78 is 0. The molecule has 0 aromatic heterocycles. The summed E-state index contributed by atoms with van der Waals surface area (Å²) in [4.78, 5) is 0. The lowest BCUT2D eigenvalue weighted by Crippen LogP contribution is -1.98. The zero-order valence-electron chi connectivity index (χ0n) is 7.24. The molecule has 0 atom stereocenters. The molecule has 1 aromatic carbocycles. The molecule has 0 amide bonds. The summed E-state index contributed by atoms with van der Waals surface area (Å²) in [5, 5.41) is 0. The van der Waals surface area contributed by atoms with Crippen LogP contribution in [0.3, 0.4) is 0 Å². The van der Waals surface area contributed by atoms with Crippen molar-refractivity contribution in [3.8, 4) is 0 Å². The Hall–Kier alpha value is -1.04. The Morgan fingerprint density at radius 2 is 1.67 bits per heavy atom. The van der Waals surface area contributed by atoms with Crippen molar-refractivity contribution in [2.24, 2.45) is 5.92 Å². The van der Waals surface area contributed by atoms with E-state index in [1.165, 1.54) is 24.8 Å². The van der Waals surface area contributed by atoms with E-state index >= 15 is 0 Å². The summed E-state index contributed by atoms with van der Waals surface area (Å²) >= 11 is 0. The number of hydrogen-bond donors (Lipinski definition) is 0. The molecule has 0 heterocycles. The van der Waals surface area contributed by atoms with Gasteiger partial charge >= 0.3 is 0 Å². The van der Waals surface area contributed by atoms with Crippen LogP contribution < -0.4 is 0 Å². The van der Waals surface area contributed by atoms with E-state index in [0.29, 0.717) is 0 Å². The summed E-state index contributed by atoms with van der Waals surface area (Å²) in [7, 11) is 0. The highest BCUT2D eigenvalue weighted by Gasteiger charge is 2.09. The number of hydrogen-bond acceptors (Lipinski definition) is 0. The van der Waals surface area contributed by atoms with Crippen LogP contribution in [-0.2, 0) is 6.42 Å². The number of allylic oxidation sites excluding steroid dienone is 2. The molecule has 0 saturated carbocycles. The van der Waals surface area contributed by atoms with Crippen LogP contribution in [0.1, 0.15) is 18.4 Å². The summed E-state index contributed by atoms with van der Waals surface area (Å²) in [6.45, 7) is 0. The molecular formula is C12H14. The summed E-state index contributed by atoms with van der Waals surface area (Å²) in [5.74, 6) is 0.868. The van der Waals surface area contributed by atoms with Crippen LogP contribution in [0, 0.1) is 5.92 Å². The van der Waals surface area contributed by atoms with Gasteiger partial charge in [-0.15, -0.1) is 0 Å². The Morgan fingerprint density at radius 1 is 1.00 bits per heavy atom. The van der Waals surface area contributed by atoms with Gasteiger partial charge in [0.1, 0.15) is 0 Å². The van der Waals surface area contributed by atoms with Gasteiger partial charge in [-0.25, -0.2) is 0 Å². The van der Waals surface area contributed by atoms with Crippen molar-refractivity contribution in [2.75, 3.05) is 0 Å². The van der Waals surface area contributed by atoms with E-state index in [1.54, 1.807) is 0 Å². The fraction of sp³-hybridized carbons (Fsp3) is 0.333. The first kappa shape index (κ1) is 7.60. The molecule has 0 bridgehead atoms. The Bertz CT molecular complexity index is 251. The van der Waals surface area contributed by atoms with E-state index in [1.807, 2.05) is 0 Å². The minimum atomic E-state index is 0.868. The molecule has 0 heteroatoms. The lowest BCUT2D eigenvalue weighted by molar-refractivity contribution is 0.567. The highest BCUT2D eigenvalue weighted by Crippen LogP contribution is 2.21. The molecule has 1 aliphatic rings. The molecule has 0 N–H and O–H groups in total. The molecule has 2 rings (SSSR count). The Kier molecular flexibility index (Phi) is 2.26. The topological polar surface area (TPSA) is 0 Å².